The molecule has 0 atom stereocenters. The molecule has 0 aliphatic carbocycles. The summed E-state index contributed by atoms with van der Waals surface area (Å²) in [5, 5.41) is 5.26. The van der Waals surface area contributed by atoms with Crippen LogP contribution in [0, 0.1) is 6.92 Å². The van der Waals surface area contributed by atoms with Crippen molar-refractivity contribution in [3.8, 4) is 0 Å². The van der Waals surface area contributed by atoms with Gasteiger partial charge in [0, 0.05) is 37.1 Å². The number of halogens is 4. The Morgan fingerprint density at radius 2 is 1.79 bits per heavy atom. The van der Waals surface area contributed by atoms with E-state index < -0.39 is 22.7 Å². The maximum Gasteiger partial charge on any atom is 0.417 e. The van der Waals surface area contributed by atoms with Gasteiger partial charge in [-0.1, -0.05) is 17.7 Å². The Bertz CT molecular complexity index is 1510. The zero-order valence-corrected chi connectivity index (χ0v) is 22.4. The Labute approximate surface area is 228 Å². The predicted octanol–water partition coefficient (Wildman–Crippen LogP) is 5.39. The van der Waals surface area contributed by atoms with Gasteiger partial charge in [0.2, 0.25) is 5.95 Å². The first-order valence-corrected chi connectivity index (χ1v) is 12.2. The Balaban J connectivity index is 1.60. The van der Waals surface area contributed by atoms with Crippen LogP contribution in [-0.2, 0) is 6.18 Å². The SMILES string of the molecule is Cc1ccc(C(=O)Nc2ccc(Cl)c(C(F)(F)F)c2)cc1Nc1ncnc2cnc(N(C)CCN(C)C)nc12. The van der Waals surface area contributed by atoms with Crippen molar-refractivity contribution >= 4 is 51.7 Å². The monoisotopic (exact) mass is 558 g/mol. The van der Waals surface area contributed by atoms with Gasteiger partial charge in [0.05, 0.1) is 16.8 Å². The first kappa shape index (κ1) is 28.0. The Morgan fingerprint density at radius 1 is 1.03 bits per heavy atom. The third-order valence-electron chi connectivity index (χ3n) is 5.87. The van der Waals surface area contributed by atoms with Gasteiger partial charge in [-0.2, -0.15) is 13.2 Å². The van der Waals surface area contributed by atoms with E-state index in [1.165, 1.54) is 12.4 Å². The number of fused-ring (bicyclic) bond motifs is 1. The van der Waals surface area contributed by atoms with E-state index in [4.69, 9.17) is 11.6 Å². The van der Waals surface area contributed by atoms with Gasteiger partial charge in [0.25, 0.3) is 5.91 Å². The van der Waals surface area contributed by atoms with Crippen molar-refractivity contribution in [3.63, 3.8) is 0 Å². The van der Waals surface area contributed by atoms with E-state index >= 15 is 0 Å². The van der Waals surface area contributed by atoms with Crippen molar-refractivity contribution < 1.29 is 18.0 Å². The molecular weight excluding hydrogens is 533 g/mol. The zero-order valence-electron chi connectivity index (χ0n) is 21.6. The van der Waals surface area contributed by atoms with E-state index in [0.29, 0.717) is 35.0 Å². The molecule has 0 saturated heterocycles. The topological polar surface area (TPSA) is 99.2 Å². The fraction of sp³-hybridized carbons (Fsp3) is 0.269. The normalized spacial score (nSPS) is 11.6. The van der Waals surface area contributed by atoms with Crippen LogP contribution in [0.4, 0.5) is 36.3 Å². The number of amides is 1. The highest BCUT2D eigenvalue weighted by Gasteiger charge is 2.33. The van der Waals surface area contributed by atoms with E-state index in [1.807, 2.05) is 33.0 Å². The average molecular weight is 559 g/mol. The fourth-order valence-electron chi connectivity index (χ4n) is 3.62. The summed E-state index contributed by atoms with van der Waals surface area (Å²) in [6.45, 7) is 3.37. The number of nitrogens with zero attached hydrogens (tertiary/aromatic N) is 6. The van der Waals surface area contributed by atoms with Gasteiger partial charge in [-0.25, -0.2) is 19.9 Å². The number of aromatic nitrogens is 4. The lowest BCUT2D eigenvalue weighted by Crippen LogP contribution is -2.29. The molecule has 0 saturated carbocycles. The van der Waals surface area contributed by atoms with Crippen molar-refractivity contribution in [2.75, 3.05) is 49.8 Å². The molecule has 204 valence electrons. The number of carbonyl (C=O) groups excluding carboxylic acids is 1. The molecule has 0 spiro atoms. The maximum absolute atomic E-state index is 13.2. The van der Waals surface area contributed by atoms with Crippen LogP contribution in [0.5, 0.6) is 0 Å². The number of anilines is 4. The summed E-state index contributed by atoms with van der Waals surface area (Å²) in [5.41, 5.74) is 1.57. The molecule has 0 fully saturated rings. The lowest BCUT2D eigenvalue weighted by molar-refractivity contribution is -0.137. The first-order valence-electron chi connectivity index (χ1n) is 11.8. The summed E-state index contributed by atoms with van der Waals surface area (Å²) in [4.78, 5) is 34.5. The Morgan fingerprint density at radius 3 is 2.51 bits per heavy atom. The molecule has 9 nitrogen and oxygen atoms in total. The highest BCUT2D eigenvalue weighted by molar-refractivity contribution is 6.31. The largest absolute Gasteiger partial charge is 0.417 e. The van der Waals surface area contributed by atoms with E-state index in [2.05, 4.69) is 35.5 Å². The molecule has 2 aromatic carbocycles. The molecule has 13 heteroatoms. The van der Waals surface area contributed by atoms with Crippen LogP contribution in [0.25, 0.3) is 11.0 Å². The number of benzene rings is 2. The molecular formula is C26H26ClF3N8O. The average Bonchev–Trinajstić information content (AvgIpc) is 2.88. The van der Waals surface area contributed by atoms with Gasteiger partial charge in [-0.05, 0) is 56.9 Å². The zero-order chi connectivity index (χ0) is 28.3. The van der Waals surface area contributed by atoms with Crippen LogP contribution in [0.3, 0.4) is 0 Å². The third kappa shape index (κ3) is 6.70. The Kier molecular flexibility index (Phi) is 8.17. The van der Waals surface area contributed by atoms with E-state index in [0.717, 1.165) is 24.2 Å². The molecule has 1 amide bonds. The molecule has 0 aliphatic rings. The van der Waals surface area contributed by atoms with Crippen LogP contribution in [0.15, 0.2) is 48.9 Å². The van der Waals surface area contributed by atoms with Gasteiger partial charge < -0.3 is 20.4 Å². The van der Waals surface area contributed by atoms with Crippen molar-refractivity contribution in [1.29, 1.82) is 0 Å². The molecule has 4 rings (SSSR count). The van der Waals surface area contributed by atoms with Crippen LogP contribution in [-0.4, -0.2) is 65.0 Å². The summed E-state index contributed by atoms with van der Waals surface area (Å²) >= 11 is 5.68. The van der Waals surface area contributed by atoms with Gasteiger partial charge in [0.15, 0.2) is 5.82 Å². The molecule has 0 radical (unpaired) electrons. The third-order valence-corrected chi connectivity index (χ3v) is 6.20. The van der Waals surface area contributed by atoms with Crippen LogP contribution in [0.1, 0.15) is 21.5 Å². The number of likely N-dealkylation sites (N-methyl/N-ethyl adjacent to an activating group) is 2. The van der Waals surface area contributed by atoms with Crippen LogP contribution in [0.2, 0.25) is 5.02 Å². The number of hydrogen-bond donors (Lipinski definition) is 2. The number of rotatable bonds is 8. The molecule has 0 bridgehead atoms. The van der Waals surface area contributed by atoms with Gasteiger partial charge in [-0.15, -0.1) is 0 Å². The second-order valence-corrected chi connectivity index (χ2v) is 9.56. The highest BCUT2D eigenvalue weighted by Crippen LogP contribution is 2.36. The summed E-state index contributed by atoms with van der Waals surface area (Å²) in [6.07, 6.45) is -1.65. The number of carbonyl (C=O) groups is 1. The number of hydrogen-bond acceptors (Lipinski definition) is 8. The summed E-state index contributed by atoms with van der Waals surface area (Å²) in [5.74, 6) is 0.333. The summed E-state index contributed by atoms with van der Waals surface area (Å²) < 4.78 is 39.6. The number of aryl methyl sites for hydroxylation is 1. The molecule has 39 heavy (non-hydrogen) atoms. The molecule has 2 N–H and O–H groups in total. The van der Waals surface area contributed by atoms with Gasteiger partial charge >= 0.3 is 6.18 Å². The molecule has 2 aromatic heterocycles. The lowest BCUT2D eigenvalue weighted by atomic mass is 10.1. The van der Waals surface area contributed by atoms with Crippen LogP contribution < -0.4 is 15.5 Å². The van der Waals surface area contributed by atoms with E-state index in [1.54, 1.807) is 24.4 Å². The van der Waals surface area contributed by atoms with Gasteiger partial charge in [0.1, 0.15) is 17.4 Å². The standard InChI is InChI=1S/C26H26ClF3N8O/c1-15-5-6-16(24(39)34-17-7-8-19(27)18(12-17)26(28,29)30)11-20(15)35-23-22-21(32-14-33-23)13-31-25(36-22)38(4)10-9-37(2)3/h5-8,11-14H,9-10H2,1-4H3,(H,34,39)(H,32,33,35). The second kappa shape index (κ2) is 11.4. The number of nitrogens with one attached hydrogen (secondary N) is 2. The smallest absolute Gasteiger partial charge is 0.343 e. The van der Waals surface area contributed by atoms with Gasteiger partial charge in [-0.3, -0.25) is 4.79 Å². The highest BCUT2D eigenvalue weighted by atomic mass is 35.5. The van der Waals surface area contributed by atoms with Crippen molar-refractivity contribution in [2.24, 2.45) is 0 Å². The Hall–Kier alpha value is -4.03. The quantitative estimate of drug-likeness (QED) is 0.297. The van der Waals surface area contributed by atoms with E-state index in [-0.39, 0.29) is 11.3 Å². The molecule has 0 unspecified atom stereocenters. The number of alkyl halides is 3. The van der Waals surface area contributed by atoms with Crippen molar-refractivity contribution in [1.82, 2.24) is 24.8 Å². The lowest BCUT2D eigenvalue weighted by Gasteiger charge is -2.20. The molecule has 2 heterocycles. The predicted molar refractivity (Wildman–Crippen MR) is 146 cm³/mol. The summed E-state index contributed by atoms with van der Waals surface area (Å²) in [7, 11) is 5.86. The minimum Gasteiger partial charge on any atom is -0.343 e. The van der Waals surface area contributed by atoms with Crippen molar-refractivity contribution in [3.05, 3.63) is 70.6 Å². The maximum atomic E-state index is 13.2. The molecule has 0 aliphatic heterocycles. The minimum atomic E-state index is -4.65. The van der Waals surface area contributed by atoms with Crippen LogP contribution >= 0.6 is 11.6 Å². The fourth-order valence-corrected chi connectivity index (χ4v) is 3.84. The summed E-state index contributed by atoms with van der Waals surface area (Å²) in [6, 6.07) is 8.09. The van der Waals surface area contributed by atoms with E-state index in [9.17, 15) is 18.0 Å². The minimum absolute atomic E-state index is 0.0313. The van der Waals surface area contributed by atoms with Crippen molar-refractivity contribution in [2.45, 2.75) is 13.1 Å². The second-order valence-electron chi connectivity index (χ2n) is 9.15. The first-order chi connectivity index (χ1) is 18.4. The molecule has 4 aromatic rings.